The second-order valence-electron chi connectivity index (χ2n) is 9.36. The first-order valence-corrected chi connectivity index (χ1v) is 13.3. The number of Topliss-reactive ketones (excluding diaryl/α,β-unsaturated/α-hetero) is 1. The summed E-state index contributed by atoms with van der Waals surface area (Å²) in [5, 5.41) is 3.32. The third kappa shape index (κ3) is 5.41. The molecule has 2 aromatic carbocycles. The van der Waals surface area contributed by atoms with Crippen molar-refractivity contribution in [1.82, 2.24) is 5.32 Å². The Morgan fingerprint density at radius 1 is 0.949 bits per heavy atom. The van der Waals surface area contributed by atoms with Gasteiger partial charge in [0.2, 0.25) is 0 Å². The summed E-state index contributed by atoms with van der Waals surface area (Å²) < 4.78 is 22.0. The predicted molar refractivity (Wildman–Crippen MR) is 145 cm³/mol. The Morgan fingerprint density at radius 3 is 2.28 bits per heavy atom. The lowest BCUT2D eigenvalue weighted by molar-refractivity contribution is -0.152. The van der Waals surface area contributed by atoms with Crippen molar-refractivity contribution in [2.75, 3.05) is 26.9 Å². The van der Waals surface area contributed by atoms with E-state index in [0.717, 1.165) is 11.1 Å². The molecular weight excluding hydrogens is 498 g/mol. The number of benzene rings is 2. The summed E-state index contributed by atoms with van der Waals surface area (Å²) in [6, 6.07) is 14.7. The third-order valence-electron chi connectivity index (χ3n) is 7.12. The van der Waals surface area contributed by atoms with Gasteiger partial charge >= 0.3 is 11.9 Å². The molecule has 2 aromatic rings. The van der Waals surface area contributed by atoms with Crippen molar-refractivity contribution in [3.05, 3.63) is 82.2 Å². The Labute approximate surface area is 229 Å². The van der Waals surface area contributed by atoms with Crippen LogP contribution in [0.5, 0.6) is 11.5 Å². The molecule has 0 unspecified atom stereocenters. The van der Waals surface area contributed by atoms with Gasteiger partial charge < -0.3 is 24.3 Å². The average Bonchev–Trinajstić information content (AvgIpc) is 2.93. The van der Waals surface area contributed by atoms with Crippen LogP contribution in [0.2, 0.25) is 0 Å². The number of rotatable bonds is 9. The topological polar surface area (TPSA) is 100 Å². The number of allylic oxidation sites excluding steroid dienone is 3. The zero-order valence-corrected chi connectivity index (χ0v) is 23.0. The molecule has 39 heavy (non-hydrogen) atoms. The van der Waals surface area contributed by atoms with Crippen LogP contribution in [-0.4, -0.2) is 44.7 Å². The highest BCUT2D eigenvalue weighted by Gasteiger charge is 2.49. The molecule has 0 radical (unpaired) electrons. The summed E-state index contributed by atoms with van der Waals surface area (Å²) in [7, 11) is 1.56. The summed E-state index contributed by atoms with van der Waals surface area (Å²) >= 11 is 0. The van der Waals surface area contributed by atoms with E-state index in [0.29, 0.717) is 47.1 Å². The van der Waals surface area contributed by atoms with Crippen LogP contribution in [0.3, 0.4) is 0 Å². The fraction of sp³-hybridized carbons (Fsp3) is 0.387. The van der Waals surface area contributed by atoms with Gasteiger partial charge in [-0.2, -0.15) is 0 Å². The molecule has 2 aliphatic rings. The van der Waals surface area contributed by atoms with Crippen LogP contribution in [0.15, 0.2) is 71.1 Å². The molecule has 206 valence electrons. The van der Waals surface area contributed by atoms with Crippen LogP contribution in [0, 0.1) is 5.92 Å². The van der Waals surface area contributed by atoms with E-state index in [1.807, 2.05) is 55.5 Å². The van der Waals surface area contributed by atoms with E-state index in [1.165, 1.54) is 0 Å². The molecule has 0 aromatic heterocycles. The second kappa shape index (κ2) is 12.2. The molecule has 0 saturated carbocycles. The molecule has 0 amide bonds. The van der Waals surface area contributed by atoms with Crippen LogP contribution in [0.1, 0.15) is 57.1 Å². The largest absolute Gasteiger partial charge is 0.496 e. The number of nitrogens with one attached hydrogen (secondary N) is 1. The number of hydrogen-bond acceptors (Lipinski definition) is 8. The zero-order chi connectivity index (χ0) is 28.1. The number of methoxy groups -OCH3 is 1. The summed E-state index contributed by atoms with van der Waals surface area (Å²) in [4.78, 5) is 41.0. The summed E-state index contributed by atoms with van der Waals surface area (Å²) in [5.41, 5.74) is 3.45. The maximum atomic E-state index is 14.4. The maximum absolute atomic E-state index is 14.4. The number of esters is 2. The van der Waals surface area contributed by atoms with Crippen molar-refractivity contribution in [1.29, 1.82) is 0 Å². The van der Waals surface area contributed by atoms with Crippen LogP contribution in [-0.2, 0) is 23.9 Å². The number of ketones is 1. The Balaban J connectivity index is 1.90. The Hall–Kier alpha value is -4.07. The van der Waals surface area contributed by atoms with Gasteiger partial charge in [0.05, 0.1) is 32.5 Å². The molecule has 0 bridgehead atoms. The SMILES string of the molecule is CCOC(=O)C1=C(C)NC2=C(C(=O)[C@@H](C(=O)OCC)[C@H](c3ccccc3OC)C2)[C@H]1c1ccc(OCC)cc1. The van der Waals surface area contributed by atoms with Gasteiger partial charge in [-0.25, -0.2) is 4.79 Å². The molecule has 0 saturated heterocycles. The minimum atomic E-state index is -1.10. The van der Waals surface area contributed by atoms with Gasteiger partial charge in [0.15, 0.2) is 5.78 Å². The van der Waals surface area contributed by atoms with Crippen molar-refractivity contribution in [3.63, 3.8) is 0 Å². The minimum absolute atomic E-state index is 0.140. The lowest BCUT2D eigenvalue weighted by Crippen LogP contribution is -2.43. The first-order valence-electron chi connectivity index (χ1n) is 13.3. The highest BCUT2D eigenvalue weighted by molar-refractivity contribution is 6.13. The van der Waals surface area contributed by atoms with Crippen LogP contribution >= 0.6 is 0 Å². The molecule has 8 heteroatoms. The lowest BCUT2D eigenvalue weighted by atomic mass is 9.67. The van der Waals surface area contributed by atoms with E-state index < -0.39 is 29.7 Å². The fourth-order valence-corrected chi connectivity index (χ4v) is 5.54. The van der Waals surface area contributed by atoms with Gasteiger partial charge in [0, 0.05) is 28.8 Å². The molecule has 4 rings (SSSR count). The van der Waals surface area contributed by atoms with Crippen molar-refractivity contribution < 1.29 is 33.3 Å². The van der Waals surface area contributed by atoms with Crippen molar-refractivity contribution in [2.24, 2.45) is 5.92 Å². The molecule has 0 spiro atoms. The Bertz CT molecular complexity index is 1310. The van der Waals surface area contributed by atoms with E-state index in [2.05, 4.69) is 5.32 Å². The fourth-order valence-electron chi connectivity index (χ4n) is 5.54. The molecule has 8 nitrogen and oxygen atoms in total. The standard InChI is InChI=1S/C31H35NO7/c1-6-37-20-15-13-19(14-16-20)26-25(30(34)38-7-2)18(4)32-23-17-22(21-11-9-10-12-24(21)36-5)27(29(33)28(23)26)31(35)39-8-3/h9-16,22,26-27,32H,6-8,17H2,1-5H3/t22-,26-,27-/m0/s1. The number of ether oxygens (including phenoxy) is 4. The molecule has 1 N–H and O–H groups in total. The van der Waals surface area contributed by atoms with E-state index in [1.54, 1.807) is 27.9 Å². The smallest absolute Gasteiger partial charge is 0.336 e. The first kappa shape index (κ1) is 28.0. The van der Waals surface area contributed by atoms with Gasteiger partial charge in [-0.05, 0) is 63.4 Å². The van der Waals surface area contributed by atoms with Gasteiger partial charge in [0.1, 0.15) is 17.4 Å². The molecule has 3 atom stereocenters. The predicted octanol–water partition coefficient (Wildman–Crippen LogP) is 4.81. The summed E-state index contributed by atoms with van der Waals surface area (Å²) in [6.07, 6.45) is 0.353. The summed E-state index contributed by atoms with van der Waals surface area (Å²) in [5.74, 6) is -2.57. The van der Waals surface area contributed by atoms with E-state index in [4.69, 9.17) is 18.9 Å². The first-order chi connectivity index (χ1) is 18.9. The monoisotopic (exact) mass is 533 g/mol. The molecule has 0 fully saturated rings. The summed E-state index contributed by atoms with van der Waals surface area (Å²) in [6.45, 7) is 7.99. The minimum Gasteiger partial charge on any atom is -0.496 e. The normalized spacial score (nSPS) is 20.6. The highest BCUT2D eigenvalue weighted by atomic mass is 16.5. The third-order valence-corrected chi connectivity index (χ3v) is 7.12. The van der Waals surface area contributed by atoms with Gasteiger partial charge in [-0.3, -0.25) is 9.59 Å². The zero-order valence-electron chi connectivity index (χ0n) is 23.0. The Kier molecular flexibility index (Phi) is 8.74. The van der Waals surface area contributed by atoms with Gasteiger partial charge in [-0.1, -0.05) is 30.3 Å². The number of carbonyl (C=O) groups excluding carboxylic acids is 3. The molecule has 1 aliphatic heterocycles. The molecule has 1 heterocycles. The number of hydrogen-bond donors (Lipinski definition) is 1. The Morgan fingerprint density at radius 2 is 1.64 bits per heavy atom. The lowest BCUT2D eigenvalue weighted by Gasteiger charge is -2.39. The van der Waals surface area contributed by atoms with Crippen molar-refractivity contribution >= 4 is 17.7 Å². The van der Waals surface area contributed by atoms with Gasteiger partial charge in [-0.15, -0.1) is 0 Å². The van der Waals surface area contributed by atoms with Crippen molar-refractivity contribution in [3.8, 4) is 11.5 Å². The second-order valence-corrected chi connectivity index (χ2v) is 9.36. The average molecular weight is 534 g/mol. The molecular formula is C31H35NO7. The number of para-hydroxylation sites is 1. The van der Waals surface area contributed by atoms with Gasteiger partial charge in [0.25, 0.3) is 0 Å². The van der Waals surface area contributed by atoms with Crippen molar-refractivity contribution in [2.45, 2.75) is 46.0 Å². The highest BCUT2D eigenvalue weighted by Crippen LogP contribution is 2.49. The quantitative estimate of drug-likeness (QED) is 0.362. The van der Waals surface area contributed by atoms with E-state index in [-0.39, 0.29) is 19.0 Å². The van der Waals surface area contributed by atoms with E-state index in [9.17, 15) is 14.4 Å². The van der Waals surface area contributed by atoms with Crippen LogP contribution in [0.25, 0.3) is 0 Å². The number of carbonyl (C=O) groups is 3. The molecule has 1 aliphatic carbocycles. The van der Waals surface area contributed by atoms with E-state index >= 15 is 0 Å². The van der Waals surface area contributed by atoms with Crippen LogP contribution in [0.4, 0.5) is 0 Å². The van der Waals surface area contributed by atoms with Crippen LogP contribution < -0.4 is 14.8 Å². The number of dihydropyridines is 1. The maximum Gasteiger partial charge on any atom is 0.336 e.